The van der Waals surface area contributed by atoms with Gasteiger partial charge in [-0.3, -0.25) is 4.90 Å². The maximum Gasteiger partial charge on any atom is 0.222 e. The third-order valence-corrected chi connectivity index (χ3v) is 4.96. The highest BCUT2D eigenvalue weighted by molar-refractivity contribution is 6.06. The third-order valence-electron chi connectivity index (χ3n) is 4.96. The Morgan fingerprint density at radius 1 is 1.00 bits per heavy atom. The molecule has 3 N–H and O–H groups in total. The molecule has 166 valence electrons. The van der Waals surface area contributed by atoms with Gasteiger partial charge >= 0.3 is 0 Å². The van der Waals surface area contributed by atoms with Crippen LogP contribution in [0.5, 0.6) is 11.5 Å². The Labute approximate surface area is 187 Å². The first-order valence-corrected chi connectivity index (χ1v) is 9.77. The van der Waals surface area contributed by atoms with Gasteiger partial charge < -0.3 is 30.2 Å². The first kappa shape index (κ1) is 22.5. The van der Waals surface area contributed by atoms with Crippen LogP contribution in [0.4, 0.5) is 11.4 Å². The Balaban J connectivity index is 0.00000272. The number of nitrogens with two attached hydrogens (primary N) is 1. The molecule has 0 amide bonds. The van der Waals surface area contributed by atoms with E-state index in [9.17, 15) is 0 Å². The number of nitrogens with zero attached hydrogens (tertiary/aromatic N) is 4. The summed E-state index contributed by atoms with van der Waals surface area (Å²) in [4.78, 5) is 13.3. The molecule has 2 heterocycles. The Kier molecular flexibility index (Phi) is 7.43. The molecular formula is C21H27ClN6O3. The fraction of sp³-hybridized carbons (Fsp3) is 0.333. The summed E-state index contributed by atoms with van der Waals surface area (Å²) in [6.45, 7) is 2.67. The van der Waals surface area contributed by atoms with E-state index in [1.165, 1.54) is 0 Å². The van der Waals surface area contributed by atoms with Gasteiger partial charge in [-0.1, -0.05) is 24.3 Å². The number of benzene rings is 2. The fourth-order valence-electron chi connectivity index (χ4n) is 3.53. The summed E-state index contributed by atoms with van der Waals surface area (Å²) in [6, 6.07) is 15.5. The van der Waals surface area contributed by atoms with E-state index in [1.807, 2.05) is 53.4 Å². The Hall–Kier alpha value is -3.17. The predicted octanol–water partition coefficient (Wildman–Crippen LogP) is 2.34. The Morgan fingerprint density at radius 3 is 2.35 bits per heavy atom. The van der Waals surface area contributed by atoms with E-state index in [1.54, 1.807) is 14.2 Å². The van der Waals surface area contributed by atoms with Crippen LogP contribution >= 0.6 is 12.4 Å². The third kappa shape index (κ3) is 4.78. The van der Waals surface area contributed by atoms with E-state index < -0.39 is 6.29 Å². The van der Waals surface area contributed by atoms with Crippen LogP contribution in [-0.4, -0.2) is 63.6 Å². The van der Waals surface area contributed by atoms with Gasteiger partial charge in [0, 0.05) is 13.1 Å². The average molecular weight is 447 g/mol. The fourth-order valence-corrected chi connectivity index (χ4v) is 3.53. The summed E-state index contributed by atoms with van der Waals surface area (Å²) < 4.78 is 16.7. The SMILES string of the molecule is COc1ccccc1NC1N=C(N)N=C(N2CCOCC2)N1c1ccccc1OC.Cl. The number of para-hydroxylation sites is 4. The zero-order chi connectivity index (χ0) is 20.9. The van der Waals surface area contributed by atoms with Crippen LogP contribution in [0.3, 0.4) is 0 Å². The van der Waals surface area contributed by atoms with E-state index in [2.05, 4.69) is 20.2 Å². The molecule has 0 spiro atoms. The number of hydrogen-bond acceptors (Lipinski definition) is 9. The zero-order valence-electron chi connectivity index (χ0n) is 17.5. The van der Waals surface area contributed by atoms with Crippen molar-refractivity contribution < 1.29 is 14.2 Å². The van der Waals surface area contributed by atoms with Crippen LogP contribution in [0, 0.1) is 0 Å². The van der Waals surface area contributed by atoms with Crippen LogP contribution in [-0.2, 0) is 4.74 Å². The van der Waals surface area contributed by atoms with Gasteiger partial charge in [-0.25, -0.2) is 4.99 Å². The number of guanidine groups is 2. The molecule has 2 aromatic carbocycles. The van der Waals surface area contributed by atoms with Gasteiger partial charge in [0.1, 0.15) is 11.5 Å². The number of methoxy groups -OCH3 is 2. The van der Waals surface area contributed by atoms with Crippen LogP contribution in [0.15, 0.2) is 58.5 Å². The van der Waals surface area contributed by atoms with Gasteiger partial charge in [-0.05, 0) is 24.3 Å². The maximum absolute atomic E-state index is 6.13. The number of nitrogens with one attached hydrogen (secondary N) is 1. The molecule has 10 heteroatoms. The zero-order valence-corrected chi connectivity index (χ0v) is 18.3. The molecule has 1 unspecified atom stereocenters. The first-order valence-electron chi connectivity index (χ1n) is 9.77. The van der Waals surface area contributed by atoms with Crippen molar-refractivity contribution in [2.75, 3.05) is 50.7 Å². The summed E-state index contributed by atoms with van der Waals surface area (Å²) in [6.07, 6.45) is -0.548. The molecule has 4 rings (SSSR count). The van der Waals surface area contributed by atoms with Crippen molar-refractivity contribution in [3.05, 3.63) is 48.5 Å². The Bertz CT molecular complexity index is 948. The largest absolute Gasteiger partial charge is 0.495 e. The van der Waals surface area contributed by atoms with E-state index >= 15 is 0 Å². The first-order chi connectivity index (χ1) is 14.7. The summed E-state index contributed by atoms with van der Waals surface area (Å²) in [5.41, 5.74) is 7.76. The smallest absolute Gasteiger partial charge is 0.222 e. The van der Waals surface area contributed by atoms with Crippen molar-refractivity contribution in [3.63, 3.8) is 0 Å². The lowest BCUT2D eigenvalue weighted by Crippen LogP contribution is -2.57. The number of anilines is 2. The minimum Gasteiger partial charge on any atom is -0.495 e. The highest BCUT2D eigenvalue weighted by Crippen LogP contribution is 2.33. The number of hydrogen-bond donors (Lipinski definition) is 2. The van der Waals surface area contributed by atoms with Crippen LogP contribution in [0.1, 0.15) is 0 Å². The number of ether oxygens (including phenoxy) is 3. The molecule has 1 saturated heterocycles. The lowest BCUT2D eigenvalue weighted by Gasteiger charge is -2.41. The van der Waals surface area contributed by atoms with E-state index in [4.69, 9.17) is 19.9 Å². The Morgan fingerprint density at radius 2 is 1.65 bits per heavy atom. The van der Waals surface area contributed by atoms with Crippen molar-refractivity contribution in [3.8, 4) is 11.5 Å². The second-order valence-corrected chi connectivity index (χ2v) is 6.76. The lowest BCUT2D eigenvalue weighted by molar-refractivity contribution is 0.0671. The summed E-state index contributed by atoms with van der Waals surface area (Å²) in [5, 5.41) is 3.44. The number of aliphatic imine (C=N–C) groups is 2. The van der Waals surface area contributed by atoms with Crippen molar-refractivity contribution in [2.24, 2.45) is 15.7 Å². The lowest BCUT2D eigenvalue weighted by atomic mass is 10.2. The molecule has 0 radical (unpaired) electrons. The van der Waals surface area contributed by atoms with Gasteiger partial charge in [-0.2, -0.15) is 4.99 Å². The van der Waals surface area contributed by atoms with Crippen LogP contribution in [0.2, 0.25) is 0 Å². The number of morpholine rings is 1. The van der Waals surface area contributed by atoms with Crippen LogP contribution in [0.25, 0.3) is 0 Å². The molecule has 0 aromatic heterocycles. The molecule has 2 aromatic rings. The van der Waals surface area contributed by atoms with E-state index in [0.29, 0.717) is 43.8 Å². The molecule has 2 aliphatic heterocycles. The van der Waals surface area contributed by atoms with Crippen LogP contribution < -0.4 is 25.4 Å². The molecule has 0 bridgehead atoms. The molecule has 0 saturated carbocycles. The second-order valence-electron chi connectivity index (χ2n) is 6.76. The minimum atomic E-state index is -0.548. The molecule has 1 fully saturated rings. The number of rotatable bonds is 5. The topological polar surface area (TPSA) is 96.9 Å². The minimum absolute atomic E-state index is 0. The normalized spacial score (nSPS) is 18.5. The summed E-state index contributed by atoms with van der Waals surface area (Å²) in [5.74, 6) is 2.32. The quantitative estimate of drug-likeness (QED) is 0.727. The van der Waals surface area contributed by atoms with E-state index in [-0.39, 0.29) is 18.4 Å². The second kappa shape index (κ2) is 10.2. The summed E-state index contributed by atoms with van der Waals surface area (Å²) >= 11 is 0. The maximum atomic E-state index is 6.13. The van der Waals surface area contributed by atoms with E-state index in [0.717, 1.165) is 11.4 Å². The van der Waals surface area contributed by atoms with Gasteiger partial charge in [0.15, 0.2) is 0 Å². The highest BCUT2D eigenvalue weighted by Gasteiger charge is 2.34. The molecule has 31 heavy (non-hydrogen) atoms. The molecular weight excluding hydrogens is 420 g/mol. The van der Waals surface area contributed by atoms with Crippen molar-refractivity contribution >= 4 is 35.7 Å². The monoisotopic (exact) mass is 446 g/mol. The average Bonchev–Trinajstić information content (AvgIpc) is 2.79. The molecule has 0 aliphatic carbocycles. The highest BCUT2D eigenvalue weighted by atomic mass is 35.5. The summed E-state index contributed by atoms with van der Waals surface area (Å²) in [7, 11) is 3.28. The van der Waals surface area contributed by atoms with Crippen molar-refractivity contribution in [2.45, 2.75) is 6.29 Å². The van der Waals surface area contributed by atoms with Crippen molar-refractivity contribution in [1.82, 2.24) is 4.90 Å². The van der Waals surface area contributed by atoms with Gasteiger partial charge in [-0.15, -0.1) is 12.4 Å². The van der Waals surface area contributed by atoms with Crippen molar-refractivity contribution in [1.29, 1.82) is 0 Å². The predicted molar refractivity (Wildman–Crippen MR) is 125 cm³/mol. The molecule has 9 nitrogen and oxygen atoms in total. The standard InChI is InChI=1S/C21H26N6O3.ClH/c1-28-17-9-5-3-7-15(17)23-20-24-19(22)25-21(26-11-13-30-14-12-26)27(20)16-8-4-6-10-18(16)29-2;/h3-10,20,23H,11-14H2,1-2H3,(H2,22,24);1H. The number of halogens is 1. The molecule has 2 aliphatic rings. The van der Waals surface area contributed by atoms with Gasteiger partial charge in [0.2, 0.25) is 18.2 Å². The van der Waals surface area contributed by atoms with Gasteiger partial charge in [0.25, 0.3) is 0 Å². The van der Waals surface area contributed by atoms with Gasteiger partial charge in [0.05, 0.1) is 38.8 Å². The molecule has 1 atom stereocenters.